The Hall–Kier alpha value is -3.79. The molecule has 3 heterocycles. The fraction of sp³-hybridized carbons (Fsp3) is 0.227. The second kappa shape index (κ2) is 8.04. The van der Waals surface area contributed by atoms with Crippen LogP contribution in [0.1, 0.15) is 33.2 Å². The fourth-order valence-corrected chi connectivity index (χ4v) is 3.69. The molecule has 32 heavy (non-hydrogen) atoms. The number of halogens is 2. The number of benzene rings is 2. The van der Waals surface area contributed by atoms with Crippen molar-refractivity contribution in [2.75, 3.05) is 31.6 Å². The summed E-state index contributed by atoms with van der Waals surface area (Å²) in [7, 11) is 0. The fourth-order valence-electron chi connectivity index (χ4n) is 3.69. The molecule has 1 fully saturated rings. The summed E-state index contributed by atoms with van der Waals surface area (Å²) in [6, 6.07) is 11.4. The first-order valence-electron chi connectivity index (χ1n) is 9.99. The lowest BCUT2D eigenvalue weighted by molar-refractivity contribution is 0.0285. The minimum atomic E-state index is -2.74. The lowest BCUT2D eigenvalue weighted by atomic mass is 10.1. The second-order valence-corrected chi connectivity index (χ2v) is 7.32. The maximum absolute atomic E-state index is 13.1. The van der Waals surface area contributed by atoms with Crippen molar-refractivity contribution >= 4 is 39.5 Å². The van der Waals surface area contributed by atoms with Crippen molar-refractivity contribution in [3.05, 3.63) is 59.6 Å². The van der Waals surface area contributed by atoms with Crippen molar-refractivity contribution in [3.8, 4) is 0 Å². The molecule has 0 unspecified atom stereocenters. The van der Waals surface area contributed by atoms with E-state index in [0.29, 0.717) is 48.3 Å². The van der Waals surface area contributed by atoms with Crippen molar-refractivity contribution < 1.29 is 27.5 Å². The zero-order valence-electron chi connectivity index (χ0n) is 16.7. The summed E-state index contributed by atoms with van der Waals surface area (Å²) in [5.41, 5.74) is 1.59. The average molecular weight is 440 g/mol. The highest BCUT2D eigenvalue weighted by Crippen LogP contribution is 2.32. The van der Waals surface area contributed by atoms with E-state index in [9.17, 15) is 18.4 Å². The number of nitrogens with one attached hydrogen (secondary N) is 2. The summed E-state index contributed by atoms with van der Waals surface area (Å²) in [6.07, 6.45) is -2.74. The number of carbonyl (C=O) groups is 2. The van der Waals surface area contributed by atoms with Gasteiger partial charge in [0.1, 0.15) is 11.3 Å². The molecule has 8 nitrogen and oxygen atoms in total. The molecule has 0 atom stereocenters. The number of ether oxygens (including phenoxy) is 1. The lowest BCUT2D eigenvalue weighted by Crippen LogP contribution is -2.40. The number of amides is 2. The Morgan fingerprint density at radius 2 is 1.91 bits per heavy atom. The second-order valence-electron chi connectivity index (χ2n) is 7.32. The molecule has 0 aliphatic carbocycles. The standard InChI is InChI=1S/C22H18F2N4O4/c23-19(24)20-25-14-6-5-12(11-15(14)26-20)21(29)27-17-13-3-1-2-4-16(13)32-18(17)22(30)28-7-9-31-10-8-28/h1-6,11,19H,7-10H2,(H,25,26)(H,27,29). The van der Waals surface area contributed by atoms with Crippen LogP contribution in [0.15, 0.2) is 46.9 Å². The molecule has 0 spiro atoms. The van der Waals surface area contributed by atoms with Gasteiger partial charge in [-0.05, 0) is 30.3 Å². The number of H-pyrrole nitrogens is 1. The van der Waals surface area contributed by atoms with Crippen LogP contribution in [-0.2, 0) is 4.74 Å². The van der Waals surface area contributed by atoms with Gasteiger partial charge in [-0.25, -0.2) is 13.8 Å². The largest absolute Gasteiger partial charge is 0.449 e. The first-order valence-corrected chi connectivity index (χ1v) is 9.99. The SMILES string of the molecule is O=C(Nc1c(C(=O)N2CCOCC2)oc2ccccc12)c1ccc2nc(C(F)F)[nH]c2c1. The number of imidazole rings is 1. The zero-order chi connectivity index (χ0) is 22.2. The Balaban J connectivity index is 1.49. The predicted octanol–water partition coefficient (Wildman–Crippen LogP) is 3.97. The maximum atomic E-state index is 13.1. The third kappa shape index (κ3) is 3.58. The highest BCUT2D eigenvalue weighted by Gasteiger charge is 2.28. The van der Waals surface area contributed by atoms with Gasteiger partial charge in [-0.15, -0.1) is 0 Å². The van der Waals surface area contributed by atoms with Gasteiger partial charge in [0.05, 0.1) is 24.2 Å². The number of anilines is 1. The summed E-state index contributed by atoms with van der Waals surface area (Å²) < 4.78 is 36.9. The molecule has 0 saturated carbocycles. The van der Waals surface area contributed by atoms with Crippen LogP contribution in [0.5, 0.6) is 0 Å². The number of carbonyl (C=O) groups excluding carboxylic acids is 2. The van der Waals surface area contributed by atoms with E-state index in [-0.39, 0.29) is 22.9 Å². The Labute approximate surface area is 180 Å². The topological polar surface area (TPSA) is 100 Å². The minimum absolute atomic E-state index is 0.0315. The van der Waals surface area contributed by atoms with Crippen LogP contribution in [0.3, 0.4) is 0 Å². The summed E-state index contributed by atoms with van der Waals surface area (Å²) in [5.74, 6) is -1.28. The number of nitrogens with zero attached hydrogens (tertiary/aromatic N) is 2. The van der Waals surface area contributed by atoms with E-state index in [1.54, 1.807) is 29.2 Å². The molecule has 2 aromatic carbocycles. The van der Waals surface area contributed by atoms with Gasteiger partial charge in [-0.3, -0.25) is 9.59 Å². The normalized spacial score (nSPS) is 14.4. The van der Waals surface area contributed by atoms with E-state index >= 15 is 0 Å². The number of aromatic nitrogens is 2. The number of hydrogen-bond acceptors (Lipinski definition) is 5. The molecule has 1 saturated heterocycles. The number of alkyl halides is 2. The molecule has 10 heteroatoms. The summed E-state index contributed by atoms with van der Waals surface area (Å²) in [4.78, 5) is 34.0. The van der Waals surface area contributed by atoms with E-state index in [4.69, 9.17) is 9.15 Å². The lowest BCUT2D eigenvalue weighted by Gasteiger charge is -2.26. The molecular formula is C22H18F2N4O4. The van der Waals surface area contributed by atoms with Crippen LogP contribution >= 0.6 is 0 Å². The number of furan rings is 1. The predicted molar refractivity (Wildman–Crippen MR) is 112 cm³/mol. The third-order valence-corrected chi connectivity index (χ3v) is 5.30. The molecule has 0 radical (unpaired) electrons. The summed E-state index contributed by atoms with van der Waals surface area (Å²) >= 11 is 0. The van der Waals surface area contributed by atoms with Gasteiger partial charge in [0.25, 0.3) is 18.2 Å². The molecule has 0 bridgehead atoms. The van der Waals surface area contributed by atoms with Crippen LogP contribution in [0.4, 0.5) is 14.5 Å². The number of fused-ring (bicyclic) bond motifs is 2. The van der Waals surface area contributed by atoms with Gasteiger partial charge < -0.3 is 24.4 Å². The van der Waals surface area contributed by atoms with Crippen LogP contribution < -0.4 is 5.32 Å². The molecule has 164 valence electrons. The van der Waals surface area contributed by atoms with Crippen molar-refractivity contribution in [2.45, 2.75) is 6.43 Å². The Morgan fingerprint density at radius 3 is 2.69 bits per heavy atom. The van der Waals surface area contributed by atoms with Crippen LogP contribution in [0.2, 0.25) is 0 Å². The van der Waals surface area contributed by atoms with Gasteiger partial charge in [-0.2, -0.15) is 0 Å². The van der Waals surface area contributed by atoms with Gasteiger partial charge >= 0.3 is 0 Å². The van der Waals surface area contributed by atoms with Crippen molar-refractivity contribution in [2.24, 2.45) is 0 Å². The molecule has 2 aromatic heterocycles. The number of para-hydroxylation sites is 1. The minimum Gasteiger partial charge on any atom is -0.449 e. The van der Waals surface area contributed by atoms with E-state index in [0.717, 1.165) is 0 Å². The van der Waals surface area contributed by atoms with Gasteiger partial charge in [0.15, 0.2) is 5.82 Å². The number of hydrogen-bond donors (Lipinski definition) is 2. The maximum Gasteiger partial charge on any atom is 0.295 e. The third-order valence-electron chi connectivity index (χ3n) is 5.30. The first kappa shape index (κ1) is 20.1. The van der Waals surface area contributed by atoms with Gasteiger partial charge in [0, 0.05) is 24.0 Å². The Kier molecular flexibility index (Phi) is 5.06. The number of rotatable bonds is 4. The smallest absolute Gasteiger partial charge is 0.295 e. The molecule has 1 aliphatic heterocycles. The van der Waals surface area contributed by atoms with E-state index in [1.807, 2.05) is 0 Å². The van der Waals surface area contributed by atoms with Crippen LogP contribution in [0.25, 0.3) is 22.0 Å². The zero-order valence-corrected chi connectivity index (χ0v) is 16.7. The molecule has 1 aliphatic rings. The van der Waals surface area contributed by atoms with E-state index < -0.39 is 18.2 Å². The Morgan fingerprint density at radius 1 is 1.12 bits per heavy atom. The quantitative estimate of drug-likeness (QED) is 0.500. The van der Waals surface area contributed by atoms with Crippen LogP contribution in [0, 0.1) is 0 Å². The molecular weight excluding hydrogens is 422 g/mol. The first-order chi connectivity index (χ1) is 15.5. The molecule has 2 N–H and O–H groups in total. The molecule has 5 rings (SSSR count). The summed E-state index contributed by atoms with van der Waals surface area (Å²) in [5, 5.41) is 3.35. The number of aromatic amines is 1. The van der Waals surface area contributed by atoms with E-state index in [2.05, 4.69) is 15.3 Å². The van der Waals surface area contributed by atoms with Crippen molar-refractivity contribution in [1.82, 2.24) is 14.9 Å². The number of morpholine rings is 1. The monoisotopic (exact) mass is 440 g/mol. The summed E-state index contributed by atoms with van der Waals surface area (Å²) in [6.45, 7) is 1.70. The Bertz CT molecular complexity index is 1320. The van der Waals surface area contributed by atoms with E-state index in [1.165, 1.54) is 18.2 Å². The highest BCUT2D eigenvalue weighted by molar-refractivity contribution is 6.14. The van der Waals surface area contributed by atoms with Crippen molar-refractivity contribution in [3.63, 3.8) is 0 Å². The van der Waals surface area contributed by atoms with Gasteiger partial charge in [0.2, 0.25) is 5.76 Å². The average Bonchev–Trinajstić information content (AvgIpc) is 3.41. The van der Waals surface area contributed by atoms with Crippen LogP contribution in [-0.4, -0.2) is 53.0 Å². The molecule has 4 aromatic rings. The molecule has 2 amide bonds. The van der Waals surface area contributed by atoms with Crippen molar-refractivity contribution in [1.29, 1.82) is 0 Å². The van der Waals surface area contributed by atoms with Gasteiger partial charge in [-0.1, -0.05) is 12.1 Å². The highest BCUT2D eigenvalue weighted by atomic mass is 19.3.